The van der Waals surface area contributed by atoms with Crippen molar-refractivity contribution in [1.82, 2.24) is 9.29 Å². The number of halogens is 2. The summed E-state index contributed by atoms with van der Waals surface area (Å²) in [5.74, 6) is -0.752. The highest BCUT2D eigenvalue weighted by Crippen LogP contribution is 2.13. The lowest BCUT2D eigenvalue weighted by Crippen LogP contribution is -2.29. The van der Waals surface area contributed by atoms with E-state index in [2.05, 4.69) is 4.72 Å². The molecule has 0 fully saturated rings. The van der Waals surface area contributed by atoms with Crippen LogP contribution in [0.15, 0.2) is 41.4 Å². The van der Waals surface area contributed by atoms with Gasteiger partial charge in [-0.3, -0.25) is 10.2 Å². The van der Waals surface area contributed by atoms with Crippen LogP contribution < -0.4 is 15.9 Å². The zero-order valence-electron chi connectivity index (χ0n) is 12.6. The fourth-order valence-corrected chi connectivity index (χ4v) is 3.08. The van der Waals surface area contributed by atoms with Gasteiger partial charge in [0.1, 0.15) is 5.49 Å². The smallest absolute Gasteiger partial charge is 0.252 e. The van der Waals surface area contributed by atoms with Gasteiger partial charge in [-0.25, -0.2) is 13.1 Å². The van der Waals surface area contributed by atoms with Crippen molar-refractivity contribution in [2.45, 2.75) is 11.4 Å². The van der Waals surface area contributed by atoms with Gasteiger partial charge in [-0.05, 0) is 30.8 Å². The fraction of sp³-hybridized carbons (Fsp3) is 0.143. The summed E-state index contributed by atoms with van der Waals surface area (Å²) in [7, 11) is -2.23. The second-order valence-electron chi connectivity index (χ2n) is 4.77. The van der Waals surface area contributed by atoms with Crippen LogP contribution in [0, 0.1) is 5.41 Å². The van der Waals surface area contributed by atoms with Gasteiger partial charge in [0.2, 0.25) is 10.0 Å². The third-order valence-corrected chi connectivity index (χ3v) is 4.82. The average Bonchev–Trinajstić information content (AvgIpc) is 2.50. The van der Waals surface area contributed by atoms with E-state index < -0.39 is 15.9 Å². The summed E-state index contributed by atoms with van der Waals surface area (Å²) < 4.78 is 27.3. The molecule has 0 radical (unpaired) electrons. The van der Waals surface area contributed by atoms with Crippen LogP contribution >= 0.6 is 24.0 Å². The molecule has 2 rings (SSSR count). The highest BCUT2D eigenvalue weighted by Gasteiger charge is 2.13. The molecule has 24 heavy (non-hydrogen) atoms. The van der Waals surface area contributed by atoms with E-state index in [1.54, 1.807) is 12.1 Å². The maximum Gasteiger partial charge on any atom is 0.252 e. The maximum atomic E-state index is 11.8. The molecule has 1 heterocycles. The van der Waals surface area contributed by atoms with Gasteiger partial charge in [0.25, 0.3) is 5.91 Å². The summed E-state index contributed by atoms with van der Waals surface area (Å²) in [6, 6.07) is 7.59. The molecule has 0 aliphatic heterocycles. The van der Waals surface area contributed by atoms with E-state index in [9.17, 15) is 13.2 Å². The molecule has 1 aromatic heterocycles. The largest absolute Gasteiger partial charge is 0.365 e. The highest BCUT2D eigenvalue weighted by atomic mass is 35.5. The summed E-state index contributed by atoms with van der Waals surface area (Å²) in [6.07, 6.45) is 1.48. The third-order valence-electron chi connectivity index (χ3n) is 3.20. The van der Waals surface area contributed by atoms with Gasteiger partial charge in [-0.2, -0.15) is 0 Å². The van der Waals surface area contributed by atoms with Crippen LogP contribution in [0.25, 0.3) is 0 Å². The van der Waals surface area contributed by atoms with Crippen molar-refractivity contribution in [2.24, 2.45) is 5.73 Å². The van der Waals surface area contributed by atoms with Gasteiger partial charge in [-0.1, -0.05) is 23.7 Å². The second kappa shape index (κ2) is 7.80. The van der Waals surface area contributed by atoms with Gasteiger partial charge in [0.15, 0.2) is 0 Å². The van der Waals surface area contributed by atoms with Crippen LogP contribution in [-0.2, 0) is 16.6 Å². The molecule has 0 saturated heterocycles. The van der Waals surface area contributed by atoms with Crippen molar-refractivity contribution in [3.8, 4) is 0 Å². The lowest BCUT2D eigenvalue weighted by Gasteiger charge is -2.11. The number of carbonyl (C=O) groups is 1. The van der Waals surface area contributed by atoms with Crippen LogP contribution in [0.4, 0.5) is 0 Å². The minimum absolute atomic E-state index is 0. The molecule has 0 aliphatic carbocycles. The van der Waals surface area contributed by atoms with E-state index >= 15 is 0 Å². The van der Waals surface area contributed by atoms with Crippen LogP contribution in [0.5, 0.6) is 0 Å². The lowest BCUT2D eigenvalue weighted by atomic mass is 10.2. The Labute approximate surface area is 150 Å². The maximum absolute atomic E-state index is 11.8. The molecule has 1 aromatic carbocycles. The third kappa shape index (κ3) is 4.35. The summed E-state index contributed by atoms with van der Waals surface area (Å²) in [5.41, 5.74) is 5.77. The fourth-order valence-electron chi connectivity index (χ4n) is 2.05. The van der Waals surface area contributed by atoms with Crippen molar-refractivity contribution < 1.29 is 13.2 Å². The number of hydrogen-bond acceptors (Lipinski definition) is 4. The second-order valence-corrected chi connectivity index (χ2v) is 7.09. The molecule has 0 unspecified atom stereocenters. The predicted molar refractivity (Wildman–Crippen MR) is 92.9 cm³/mol. The minimum Gasteiger partial charge on any atom is -0.365 e. The number of nitrogens with one attached hydrogen (secondary N) is 2. The van der Waals surface area contributed by atoms with Gasteiger partial charge < -0.3 is 10.3 Å². The average molecular weight is 391 g/mol. The summed E-state index contributed by atoms with van der Waals surface area (Å²) in [6.45, 7) is 0.173. The zero-order chi connectivity index (χ0) is 17.2. The van der Waals surface area contributed by atoms with Crippen molar-refractivity contribution in [2.75, 3.05) is 7.05 Å². The number of amides is 1. The Morgan fingerprint density at radius 3 is 2.62 bits per heavy atom. The topological polar surface area (TPSA) is 118 Å². The lowest BCUT2D eigenvalue weighted by molar-refractivity contribution is 0.0997. The molecule has 0 atom stereocenters. The number of benzene rings is 1. The molecule has 10 heteroatoms. The number of aromatic nitrogens is 1. The van der Waals surface area contributed by atoms with Crippen LogP contribution in [-0.4, -0.2) is 25.9 Å². The van der Waals surface area contributed by atoms with Crippen LogP contribution in [0.2, 0.25) is 5.02 Å². The first-order chi connectivity index (χ1) is 10.7. The Balaban J connectivity index is 0.00000288. The normalized spacial score (nSPS) is 10.9. The molecular weight excluding hydrogens is 375 g/mol. The van der Waals surface area contributed by atoms with E-state index in [1.807, 2.05) is 0 Å². The number of pyridine rings is 1. The van der Waals surface area contributed by atoms with Crippen molar-refractivity contribution >= 4 is 39.9 Å². The zero-order valence-corrected chi connectivity index (χ0v) is 15.0. The van der Waals surface area contributed by atoms with Gasteiger partial charge in [0.05, 0.1) is 15.5 Å². The van der Waals surface area contributed by atoms with Gasteiger partial charge >= 0.3 is 0 Å². The first-order valence-electron chi connectivity index (χ1n) is 6.51. The molecule has 0 bridgehead atoms. The standard InChI is InChI=1S/C14H15ClN4O3S.ClH/c1-18-23(21,22)11-4-2-3-9(5-11)7-19-8-10(15)6-12(13(19)16)14(17)20;/h2-6,8,16,18H,7H2,1H3,(H2,17,20);1H. The number of hydrogen-bond donors (Lipinski definition) is 3. The molecule has 7 nitrogen and oxygen atoms in total. The van der Waals surface area contributed by atoms with Crippen LogP contribution in [0.1, 0.15) is 15.9 Å². The quantitative estimate of drug-likeness (QED) is 0.708. The first kappa shape index (κ1) is 20.2. The molecule has 2 aromatic rings. The number of primary amides is 1. The van der Waals surface area contributed by atoms with Crippen LogP contribution in [0.3, 0.4) is 0 Å². The van der Waals surface area contributed by atoms with Crippen molar-refractivity contribution in [1.29, 1.82) is 5.41 Å². The van der Waals surface area contributed by atoms with E-state index in [0.717, 1.165) is 0 Å². The molecule has 130 valence electrons. The van der Waals surface area contributed by atoms with Gasteiger partial charge in [0, 0.05) is 12.7 Å². The number of sulfonamides is 1. The summed E-state index contributed by atoms with van der Waals surface area (Å²) in [4.78, 5) is 11.5. The molecule has 0 saturated carbocycles. The van der Waals surface area contributed by atoms with E-state index in [-0.39, 0.29) is 39.9 Å². The Hall–Kier alpha value is -1.87. The summed E-state index contributed by atoms with van der Waals surface area (Å²) >= 11 is 5.94. The summed E-state index contributed by atoms with van der Waals surface area (Å²) in [5, 5.41) is 8.27. The molecule has 0 spiro atoms. The number of nitrogens with zero attached hydrogens (tertiary/aromatic N) is 1. The van der Waals surface area contributed by atoms with Crippen molar-refractivity contribution in [3.05, 3.63) is 58.2 Å². The number of carbonyl (C=O) groups excluding carboxylic acids is 1. The monoisotopic (exact) mass is 390 g/mol. The first-order valence-corrected chi connectivity index (χ1v) is 8.37. The molecule has 1 amide bonds. The SMILES string of the molecule is CNS(=O)(=O)c1cccc(Cn2cc(Cl)cc(C(N)=O)c2=N)c1.Cl. The van der Waals surface area contributed by atoms with Gasteiger partial charge in [-0.15, -0.1) is 12.4 Å². The Kier molecular flexibility index (Phi) is 6.56. The Morgan fingerprint density at radius 2 is 2.04 bits per heavy atom. The van der Waals surface area contributed by atoms with E-state index in [4.69, 9.17) is 22.7 Å². The molecule has 0 aliphatic rings. The molecule has 4 N–H and O–H groups in total. The van der Waals surface area contributed by atoms with Crippen molar-refractivity contribution in [3.63, 3.8) is 0 Å². The van der Waals surface area contributed by atoms with E-state index in [1.165, 1.54) is 36.0 Å². The number of nitrogens with two attached hydrogens (primary N) is 1. The minimum atomic E-state index is -3.56. The highest BCUT2D eigenvalue weighted by molar-refractivity contribution is 7.89. The predicted octanol–water partition coefficient (Wildman–Crippen LogP) is 1.10. The Morgan fingerprint density at radius 1 is 1.38 bits per heavy atom. The molecular formula is C14H16Cl2N4O3S. The number of rotatable bonds is 5. The Bertz CT molecular complexity index is 926. The van der Waals surface area contributed by atoms with E-state index in [0.29, 0.717) is 5.56 Å².